The topological polar surface area (TPSA) is 65.0 Å². The maximum atomic E-state index is 10.5. The molecule has 0 fully saturated rings. The van der Waals surface area contributed by atoms with E-state index in [1.54, 1.807) is 0 Å². The highest BCUT2D eigenvalue weighted by Crippen LogP contribution is 2.36. The summed E-state index contributed by atoms with van der Waals surface area (Å²) in [4.78, 5) is 10.5. The molecule has 138 valence electrons. The van der Waals surface area contributed by atoms with Crippen LogP contribution in [-0.4, -0.2) is 17.9 Å². The number of hydrogen-bond donors (Lipinski definition) is 1. The monoisotopic (exact) mass is 356 g/mol. The molecule has 0 saturated carbocycles. The van der Waals surface area contributed by atoms with E-state index in [-0.39, 0.29) is 13.2 Å². The number of rotatable bonds is 10. The molecule has 1 N–H and O–H groups in total. The lowest BCUT2D eigenvalue weighted by molar-refractivity contribution is -0.137. The van der Waals surface area contributed by atoms with Crippen molar-refractivity contribution < 1.29 is 24.1 Å². The fourth-order valence-electron chi connectivity index (χ4n) is 3.06. The lowest BCUT2D eigenvalue weighted by Gasteiger charge is -2.12. The van der Waals surface area contributed by atoms with E-state index in [2.05, 4.69) is 6.07 Å². The Labute approximate surface area is 153 Å². The molecule has 0 atom stereocenters. The second-order valence-corrected chi connectivity index (χ2v) is 6.36. The Hall–Kier alpha value is -2.69. The molecule has 0 aliphatic carbocycles. The molecule has 0 saturated heterocycles. The number of carbonyl (C=O) groups is 1. The van der Waals surface area contributed by atoms with Gasteiger partial charge in [-0.25, -0.2) is 0 Å². The van der Waals surface area contributed by atoms with Crippen LogP contribution in [0.4, 0.5) is 0 Å². The number of carboxylic acids is 1. The highest BCUT2D eigenvalue weighted by molar-refractivity contribution is 5.66. The summed E-state index contributed by atoms with van der Waals surface area (Å²) in [5, 5.41) is 8.66. The summed E-state index contributed by atoms with van der Waals surface area (Å²) in [5.41, 5.74) is 2.15. The predicted octanol–water partition coefficient (Wildman–Crippen LogP) is 4.57. The summed E-state index contributed by atoms with van der Waals surface area (Å²) >= 11 is 0. The third kappa shape index (κ3) is 4.91. The SMILES string of the molecule is O=C(O)CCCCCCc1ccccc1OCc1cccc2c1OCO2. The minimum absolute atomic E-state index is 0.255. The van der Waals surface area contributed by atoms with Crippen LogP contribution in [0.5, 0.6) is 17.2 Å². The number of hydrogen-bond acceptors (Lipinski definition) is 4. The minimum atomic E-state index is -0.717. The van der Waals surface area contributed by atoms with Gasteiger partial charge in [-0.3, -0.25) is 4.79 Å². The maximum absolute atomic E-state index is 10.5. The van der Waals surface area contributed by atoms with Gasteiger partial charge in [-0.05, 0) is 37.0 Å². The van der Waals surface area contributed by atoms with Crippen molar-refractivity contribution in [2.75, 3.05) is 6.79 Å². The van der Waals surface area contributed by atoms with Crippen molar-refractivity contribution in [3.63, 3.8) is 0 Å². The first kappa shape index (κ1) is 18.1. The van der Waals surface area contributed by atoms with Gasteiger partial charge in [-0.1, -0.05) is 43.2 Å². The number of carboxylic acid groups (broad SMARTS) is 1. The maximum Gasteiger partial charge on any atom is 0.303 e. The van der Waals surface area contributed by atoms with E-state index in [4.69, 9.17) is 19.3 Å². The Morgan fingerprint density at radius 2 is 1.77 bits per heavy atom. The van der Waals surface area contributed by atoms with Crippen molar-refractivity contribution in [2.45, 2.75) is 45.1 Å². The molecular formula is C21H24O5. The van der Waals surface area contributed by atoms with Crippen molar-refractivity contribution in [3.8, 4) is 17.2 Å². The summed E-state index contributed by atoms with van der Waals surface area (Å²) in [6.45, 7) is 0.687. The number of fused-ring (bicyclic) bond motifs is 1. The zero-order valence-electron chi connectivity index (χ0n) is 14.8. The summed E-state index contributed by atoms with van der Waals surface area (Å²) < 4.78 is 17.0. The van der Waals surface area contributed by atoms with Gasteiger partial charge in [0.2, 0.25) is 6.79 Å². The second-order valence-electron chi connectivity index (χ2n) is 6.36. The molecule has 0 aromatic heterocycles. The molecule has 3 rings (SSSR count). The molecule has 0 unspecified atom stereocenters. The Morgan fingerprint density at radius 3 is 2.65 bits per heavy atom. The summed E-state index contributed by atoms with van der Waals surface area (Å²) in [6.07, 6.45) is 4.93. The molecular weight excluding hydrogens is 332 g/mol. The largest absolute Gasteiger partial charge is 0.488 e. The first-order valence-corrected chi connectivity index (χ1v) is 9.04. The van der Waals surface area contributed by atoms with Crippen LogP contribution < -0.4 is 14.2 Å². The predicted molar refractivity (Wildman–Crippen MR) is 97.8 cm³/mol. The van der Waals surface area contributed by atoms with E-state index in [1.807, 2.05) is 36.4 Å². The van der Waals surface area contributed by atoms with Crippen LogP contribution in [0, 0.1) is 0 Å². The Balaban J connectivity index is 1.51. The van der Waals surface area contributed by atoms with Gasteiger partial charge < -0.3 is 19.3 Å². The van der Waals surface area contributed by atoms with Crippen LogP contribution >= 0.6 is 0 Å². The van der Waals surface area contributed by atoms with Crippen LogP contribution in [0.2, 0.25) is 0 Å². The minimum Gasteiger partial charge on any atom is -0.488 e. The molecule has 0 spiro atoms. The van der Waals surface area contributed by atoms with Crippen molar-refractivity contribution in [2.24, 2.45) is 0 Å². The molecule has 1 aliphatic heterocycles. The van der Waals surface area contributed by atoms with Gasteiger partial charge in [0, 0.05) is 12.0 Å². The molecule has 0 radical (unpaired) electrons. The number of para-hydroxylation sites is 2. The van der Waals surface area contributed by atoms with Crippen LogP contribution in [0.1, 0.15) is 43.2 Å². The van der Waals surface area contributed by atoms with Gasteiger partial charge in [0.25, 0.3) is 0 Å². The zero-order valence-corrected chi connectivity index (χ0v) is 14.8. The Bertz CT molecular complexity index is 741. The van der Waals surface area contributed by atoms with Crippen molar-refractivity contribution in [1.82, 2.24) is 0 Å². The molecule has 0 bridgehead atoms. The molecule has 2 aromatic carbocycles. The van der Waals surface area contributed by atoms with Gasteiger partial charge in [-0.2, -0.15) is 0 Å². The third-order valence-electron chi connectivity index (χ3n) is 4.42. The normalized spacial score (nSPS) is 12.2. The number of ether oxygens (including phenoxy) is 3. The number of unbranched alkanes of at least 4 members (excludes halogenated alkanes) is 3. The first-order chi connectivity index (χ1) is 12.7. The standard InChI is InChI=1S/C21H24O5/c22-20(23)13-4-2-1-3-8-16-9-5-6-11-18(16)24-14-17-10-7-12-19-21(17)26-15-25-19/h5-7,9-12H,1-4,8,13-15H2,(H,22,23). The highest BCUT2D eigenvalue weighted by Gasteiger charge is 2.17. The zero-order chi connectivity index (χ0) is 18.2. The smallest absolute Gasteiger partial charge is 0.303 e. The van der Waals surface area contributed by atoms with Gasteiger partial charge in [-0.15, -0.1) is 0 Å². The van der Waals surface area contributed by atoms with Crippen LogP contribution in [0.25, 0.3) is 0 Å². The van der Waals surface area contributed by atoms with E-state index in [1.165, 1.54) is 5.56 Å². The van der Waals surface area contributed by atoms with Gasteiger partial charge in [0.1, 0.15) is 12.4 Å². The van der Waals surface area contributed by atoms with Gasteiger partial charge >= 0.3 is 5.97 Å². The van der Waals surface area contributed by atoms with E-state index >= 15 is 0 Å². The molecule has 0 amide bonds. The molecule has 2 aromatic rings. The molecule has 1 heterocycles. The average Bonchev–Trinajstić information content (AvgIpc) is 3.13. The Kier molecular flexibility index (Phi) is 6.36. The molecule has 1 aliphatic rings. The van der Waals surface area contributed by atoms with Crippen molar-refractivity contribution >= 4 is 5.97 Å². The van der Waals surface area contributed by atoms with E-state index in [0.717, 1.165) is 54.9 Å². The van der Waals surface area contributed by atoms with Crippen LogP contribution in [0.3, 0.4) is 0 Å². The fraction of sp³-hybridized carbons (Fsp3) is 0.381. The highest BCUT2D eigenvalue weighted by atomic mass is 16.7. The number of benzene rings is 2. The molecule has 5 nitrogen and oxygen atoms in total. The van der Waals surface area contributed by atoms with E-state index in [9.17, 15) is 4.79 Å². The molecule has 5 heteroatoms. The average molecular weight is 356 g/mol. The lowest BCUT2D eigenvalue weighted by atomic mass is 10.0. The van der Waals surface area contributed by atoms with Crippen LogP contribution in [-0.2, 0) is 17.8 Å². The Morgan fingerprint density at radius 1 is 0.962 bits per heavy atom. The van der Waals surface area contributed by atoms with E-state index in [0.29, 0.717) is 6.61 Å². The fourth-order valence-corrected chi connectivity index (χ4v) is 3.06. The quantitative estimate of drug-likeness (QED) is 0.632. The first-order valence-electron chi connectivity index (χ1n) is 9.04. The number of aryl methyl sites for hydroxylation is 1. The second kappa shape index (κ2) is 9.13. The van der Waals surface area contributed by atoms with Gasteiger partial charge in [0.05, 0.1) is 0 Å². The van der Waals surface area contributed by atoms with E-state index < -0.39 is 5.97 Å². The number of aliphatic carboxylic acids is 1. The summed E-state index contributed by atoms with van der Waals surface area (Å²) in [6, 6.07) is 13.9. The van der Waals surface area contributed by atoms with Crippen LogP contribution in [0.15, 0.2) is 42.5 Å². The summed E-state index contributed by atoms with van der Waals surface area (Å²) in [5.74, 6) is 1.70. The van der Waals surface area contributed by atoms with Crippen molar-refractivity contribution in [1.29, 1.82) is 0 Å². The van der Waals surface area contributed by atoms with Gasteiger partial charge in [0.15, 0.2) is 11.5 Å². The third-order valence-corrected chi connectivity index (χ3v) is 4.42. The summed E-state index contributed by atoms with van der Waals surface area (Å²) in [7, 11) is 0. The van der Waals surface area contributed by atoms with Crippen molar-refractivity contribution in [3.05, 3.63) is 53.6 Å². The molecule has 26 heavy (non-hydrogen) atoms. The lowest BCUT2D eigenvalue weighted by Crippen LogP contribution is -2.01.